The number of carbonyl (C=O) groups excluding carboxylic acids is 1. The molecular weight excluding hydrogens is 234 g/mol. The fraction of sp³-hybridized carbons (Fsp3) is 0.588. The third-order valence-electron chi connectivity index (χ3n) is 3.49. The fourth-order valence-electron chi connectivity index (χ4n) is 2.27. The zero-order valence-electron chi connectivity index (χ0n) is 12.2. The summed E-state index contributed by atoms with van der Waals surface area (Å²) in [4.78, 5) is 11.0. The van der Waals surface area contributed by atoms with Gasteiger partial charge in [-0.15, -0.1) is 0 Å². The van der Waals surface area contributed by atoms with Crippen LogP contribution in [-0.2, 0) is 11.2 Å². The lowest BCUT2D eigenvalue weighted by Crippen LogP contribution is -2.16. The number of hydrogen-bond donors (Lipinski definition) is 1. The van der Waals surface area contributed by atoms with Crippen LogP contribution in [0.25, 0.3) is 0 Å². The van der Waals surface area contributed by atoms with E-state index in [1.807, 2.05) is 0 Å². The molecule has 0 unspecified atom stereocenters. The maximum Gasteiger partial charge on any atom is 0.219 e. The maximum atomic E-state index is 11.0. The molecule has 1 amide bonds. The molecule has 0 aromatic heterocycles. The standard InChI is InChI=1S/C17H27NO/c1-18-17(19)15-11-6-4-2-3-5-8-12-16-13-9-7-10-14-16/h7,9-10,13-14H,2-6,8,11-12,15H2,1H3,(H,18,19). The molecule has 0 fully saturated rings. The van der Waals surface area contributed by atoms with Crippen LogP contribution in [0.5, 0.6) is 0 Å². The summed E-state index contributed by atoms with van der Waals surface area (Å²) in [6, 6.07) is 10.7. The maximum absolute atomic E-state index is 11.0. The molecule has 0 aliphatic carbocycles. The van der Waals surface area contributed by atoms with Gasteiger partial charge in [-0.25, -0.2) is 0 Å². The lowest BCUT2D eigenvalue weighted by atomic mass is 10.0. The highest BCUT2D eigenvalue weighted by Gasteiger charge is 1.97. The van der Waals surface area contributed by atoms with Crippen LogP contribution < -0.4 is 5.32 Å². The Bertz CT molecular complexity index is 334. The van der Waals surface area contributed by atoms with Crippen molar-refractivity contribution in [3.63, 3.8) is 0 Å². The van der Waals surface area contributed by atoms with Crippen LogP contribution in [0.3, 0.4) is 0 Å². The highest BCUT2D eigenvalue weighted by atomic mass is 16.1. The van der Waals surface area contributed by atoms with E-state index in [9.17, 15) is 4.79 Å². The Balaban J connectivity index is 1.85. The van der Waals surface area contributed by atoms with Gasteiger partial charge in [0.25, 0.3) is 0 Å². The lowest BCUT2D eigenvalue weighted by molar-refractivity contribution is -0.120. The Hall–Kier alpha value is -1.31. The quantitative estimate of drug-likeness (QED) is 0.631. The van der Waals surface area contributed by atoms with Crippen LogP contribution in [0.1, 0.15) is 56.9 Å². The van der Waals surface area contributed by atoms with Crippen LogP contribution in [0.15, 0.2) is 30.3 Å². The second kappa shape index (κ2) is 10.6. The van der Waals surface area contributed by atoms with Crippen molar-refractivity contribution in [1.29, 1.82) is 0 Å². The zero-order valence-corrected chi connectivity index (χ0v) is 12.2. The second-order valence-electron chi connectivity index (χ2n) is 5.13. The molecule has 19 heavy (non-hydrogen) atoms. The number of rotatable bonds is 10. The molecule has 0 aliphatic heterocycles. The number of aryl methyl sites for hydroxylation is 1. The Morgan fingerprint density at radius 3 is 2.11 bits per heavy atom. The van der Waals surface area contributed by atoms with Crippen molar-refractivity contribution in [2.75, 3.05) is 7.05 Å². The molecule has 0 saturated heterocycles. The highest BCUT2D eigenvalue weighted by Crippen LogP contribution is 2.11. The van der Waals surface area contributed by atoms with Gasteiger partial charge in [0.15, 0.2) is 0 Å². The molecule has 0 saturated carbocycles. The van der Waals surface area contributed by atoms with E-state index in [0.29, 0.717) is 6.42 Å². The molecule has 1 aromatic carbocycles. The second-order valence-corrected chi connectivity index (χ2v) is 5.13. The highest BCUT2D eigenvalue weighted by molar-refractivity contribution is 5.75. The van der Waals surface area contributed by atoms with Gasteiger partial charge >= 0.3 is 0 Å². The van der Waals surface area contributed by atoms with E-state index in [1.54, 1.807) is 7.05 Å². The summed E-state index contributed by atoms with van der Waals surface area (Å²) in [5.74, 6) is 0.169. The summed E-state index contributed by atoms with van der Waals surface area (Å²) >= 11 is 0. The SMILES string of the molecule is CNC(=O)CCCCCCCCCc1ccccc1. The molecule has 1 N–H and O–H groups in total. The van der Waals surface area contributed by atoms with Gasteiger partial charge in [-0.2, -0.15) is 0 Å². The van der Waals surface area contributed by atoms with Gasteiger partial charge in [0.1, 0.15) is 0 Å². The van der Waals surface area contributed by atoms with Crippen molar-refractivity contribution in [3.8, 4) is 0 Å². The Morgan fingerprint density at radius 1 is 0.895 bits per heavy atom. The van der Waals surface area contributed by atoms with Crippen LogP contribution in [0.2, 0.25) is 0 Å². The van der Waals surface area contributed by atoms with Crippen LogP contribution >= 0.6 is 0 Å². The van der Waals surface area contributed by atoms with Crippen molar-refractivity contribution in [3.05, 3.63) is 35.9 Å². The predicted octanol–water partition coefficient (Wildman–Crippen LogP) is 4.10. The third-order valence-corrected chi connectivity index (χ3v) is 3.49. The third kappa shape index (κ3) is 8.41. The van der Waals surface area contributed by atoms with Crippen LogP contribution in [-0.4, -0.2) is 13.0 Å². The molecule has 0 radical (unpaired) electrons. The normalized spacial score (nSPS) is 10.4. The van der Waals surface area contributed by atoms with E-state index >= 15 is 0 Å². The molecule has 1 aromatic rings. The minimum atomic E-state index is 0.169. The molecule has 0 aliphatic rings. The van der Waals surface area contributed by atoms with Gasteiger partial charge in [-0.1, -0.05) is 62.4 Å². The Kier molecular flexibility index (Phi) is 8.78. The summed E-state index contributed by atoms with van der Waals surface area (Å²) in [7, 11) is 1.70. The number of amides is 1. The van der Waals surface area contributed by atoms with E-state index in [4.69, 9.17) is 0 Å². The number of nitrogens with one attached hydrogen (secondary N) is 1. The molecule has 2 nitrogen and oxygen atoms in total. The first-order chi connectivity index (χ1) is 9.33. The zero-order chi connectivity index (χ0) is 13.8. The molecule has 2 heteroatoms. The van der Waals surface area contributed by atoms with Crippen molar-refractivity contribution in [2.24, 2.45) is 0 Å². The molecule has 0 heterocycles. The Labute approximate surface area is 117 Å². The average molecular weight is 261 g/mol. The van der Waals surface area contributed by atoms with Crippen LogP contribution in [0, 0.1) is 0 Å². The van der Waals surface area contributed by atoms with Crippen molar-refractivity contribution < 1.29 is 4.79 Å². The van der Waals surface area contributed by atoms with E-state index in [2.05, 4.69) is 35.6 Å². The largest absolute Gasteiger partial charge is 0.359 e. The predicted molar refractivity (Wildman–Crippen MR) is 81.1 cm³/mol. The van der Waals surface area contributed by atoms with Gasteiger partial charge in [0, 0.05) is 13.5 Å². The number of unbranched alkanes of at least 4 members (excludes halogenated alkanes) is 6. The minimum absolute atomic E-state index is 0.169. The summed E-state index contributed by atoms with van der Waals surface area (Å²) in [5.41, 5.74) is 1.45. The first-order valence-electron chi connectivity index (χ1n) is 7.57. The van der Waals surface area contributed by atoms with Gasteiger partial charge in [-0.05, 0) is 24.8 Å². The first-order valence-corrected chi connectivity index (χ1v) is 7.57. The minimum Gasteiger partial charge on any atom is -0.359 e. The molecule has 0 bridgehead atoms. The van der Waals surface area contributed by atoms with Gasteiger partial charge in [0.2, 0.25) is 5.91 Å². The van der Waals surface area contributed by atoms with E-state index in [0.717, 1.165) is 6.42 Å². The topological polar surface area (TPSA) is 29.1 Å². The average Bonchev–Trinajstić information content (AvgIpc) is 2.46. The monoisotopic (exact) mass is 261 g/mol. The summed E-state index contributed by atoms with van der Waals surface area (Å²) < 4.78 is 0. The fourth-order valence-corrected chi connectivity index (χ4v) is 2.27. The van der Waals surface area contributed by atoms with Crippen molar-refractivity contribution in [1.82, 2.24) is 5.32 Å². The van der Waals surface area contributed by atoms with E-state index < -0.39 is 0 Å². The van der Waals surface area contributed by atoms with Crippen molar-refractivity contribution in [2.45, 2.75) is 57.8 Å². The molecule has 0 spiro atoms. The summed E-state index contributed by atoms with van der Waals surface area (Å²) in [6.07, 6.45) is 10.6. The van der Waals surface area contributed by atoms with Gasteiger partial charge in [-0.3, -0.25) is 4.79 Å². The van der Waals surface area contributed by atoms with Gasteiger partial charge < -0.3 is 5.32 Å². The van der Waals surface area contributed by atoms with E-state index in [-0.39, 0.29) is 5.91 Å². The molecular formula is C17H27NO. The van der Waals surface area contributed by atoms with Crippen LogP contribution in [0.4, 0.5) is 0 Å². The summed E-state index contributed by atoms with van der Waals surface area (Å²) in [6.45, 7) is 0. The molecule has 1 rings (SSSR count). The molecule has 0 atom stereocenters. The summed E-state index contributed by atoms with van der Waals surface area (Å²) in [5, 5.41) is 2.66. The van der Waals surface area contributed by atoms with E-state index in [1.165, 1.54) is 50.5 Å². The van der Waals surface area contributed by atoms with Crippen molar-refractivity contribution >= 4 is 5.91 Å². The first kappa shape index (κ1) is 15.7. The van der Waals surface area contributed by atoms with Gasteiger partial charge in [0.05, 0.1) is 0 Å². The number of carbonyl (C=O) groups is 1. The number of hydrogen-bond acceptors (Lipinski definition) is 1. The number of benzene rings is 1. The lowest BCUT2D eigenvalue weighted by Gasteiger charge is -2.03. The molecule has 106 valence electrons. The smallest absolute Gasteiger partial charge is 0.219 e. The Morgan fingerprint density at radius 2 is 1.47 bits per heavy atom.